The van der Waals surface area contributed by atoms with Crippen molar-refractivity contribution in [3.8, 4) is 0 Å². The molecule has 0 aliphatic heterocycles. The molecular weight excluding hydrogens is 268 g/mol. The molecule has 1 aromatic rings. The average molecular weight is 290 g/mol. The van der Waals surface area contributed by atoms with Gasteiger partial charge in [-0.3, -0.25) is 9.59 Å². The van der Waals surface area contributed by atoms with Crippen LogP contribution in [0.5, 0.6) is 0 Å². The fraction of sp³-hybridized carbons (Fsp3) is 0.533. The monoisotopic (exact) mass is 290 g/mol. The molecule has 21 heavy (non-hydrogen) atoms. The molecule has 0 radical (unpaired) electrons. The smallest absolute Gasteiger partial charge is 0.243 e. The summed E-state index contributed by atoms with van der Waals surface area (Å²) in [4.78, 5) is 27.4. The van der Waals surface area contributed by atoms with E-state index in [2.05, 4.69) is 15.6 Å². The third kappa shape index (κ3) is 5.41. The van der Waals surface area contributed by atoms with Crippen molar-refractivity contribution in [2.45, 2.75) is 38.5 Å². The van der Waals surface area contributed by atoms with Crippen LogP contribution in [0.3, 0.4) is 0 Å². The molecule has 0 saturated heterocycles. The van der Waals surface area contributed by atoms with Crippen molar-refractivity contribution < 1.29 is 9.59 Å². The van der Waals surface area contributed by atoms with Crippen LogP contribution in [0.2, 0.25) is 0 Å². The first-order valence-corrected chi connectivity index (χ1v) is 7.41. The number of nitrogens with two attached hydrogens (primary N) is 1. The van der Waals surface area contributed by atoms with E-state index in [0.29, 0.717) is 23.8 Å². The van der Waals surface area contributed by atoms with Crippen molar-refractivity contribution in [2.75, 3.05) is 17.6 Å². The van der Waals surface area contributed by atoms with Gasteiger partial charge in [-0.15, -0.1) is 0 Å². The van der Waals surface area contributed by atoms with Crippen LogP contribution in [0.15, 0.2) is 18.3 Å². The van der Waals surface area contributed by atoms with E-state index in [1.807, 2.05) is 0 Å². The zero-order valence-electron chi connectivity index (χ0n) is 12.1. The Morgan fingerprint density at radius 1 is 1.19 bits per heavy atom. The minimum absolute atomic E-state index is 0.0179. The normalized spacial score (nSPS) is 15.4. The first-order chi connectivity index (χ1) is 10.1. The van der Waals surface area contributed by atoms with Gasteiger partial charge < -0.3 is 16.4 Å². The Morgan fingerprint density at radius 2 is 1.95 bits per heavy atom. The van der Waals surface area contributed by atoms with Gasteiger partial charge >= 0.3 is 0 Å². The number of nitrogens with one attached hydrogen (secondary N) is 2. The Balaban J connectivity index is 1.68. The molecule has 2 amide bonds. The molecular formula is C15H22N4O2. The van der Waals surface area contributed by atoms with Gasteiger partial charge in [0.25, 0.3) is 0 Å². The van der Waals surface area contributed by atoms with E-state index in [9.17, 15) is 9.59 Å². The van der Waals surface area contributed by atoms with Crippen LogP contribution < -0.4 is 16.4 Å². The molecule has 0 atom stereocenters. The summed E-state index contributed by atoms with van der Waals surface area (Å²) in [5, 5.41) is 5.32. The molecule has 2 rings (SSSR count). The Kier molecular flexibility index (Phi) is 5.54. The predicted octanol–water partition coefficient (Wildman–Crippen LogP) is 1.69. The van der Waals surface area contributed by atoms with Gasteiger partial charge in [0.15, 0.2) is 0 Å². The lowest BCUT2D eigenvalue weighted by molar-refractivity contribution is -0.125. The zero-order valence-corrected chi connectivity index (χ0v) is 12.1. The summed E-state index contributed by atoms with van der Waals surface area (Å²) in [7, 11) is 0. The lowest BCUT2D eigenvalue weighted by Crippen LogP contribution is -2.34. The molecule has 1 fully saturated rings. The number of pyridine rings is 1. The van der Waals surface area contributed by atoms with Gasteiger partial charge in [0.05, 0.1) is 18.4 Å². The fourth-order valence-corrected chi connectivity index (χ4v) is 2.59. The molecule has 1 aliphatic rings. The van der Waals surface area contributed by atoms with Crippen molar-refractivity contribution in [3.05, 3.63) is 18.3 Å². The molecule has 1 saturated carbocycles. The third-order valence-electron chi connectivity index (χ3n) is 3.72. The van der Waals surface area contributed by atoms with Crippen molar-refractivity contribution in [3.63, 3.8) is 0 Å². The average Bonchev–Trinajstić information content (AvgIpc) is 2.49. The molecule has 6 nitrogen and oxygen atoms in total. The highest BCUT2D eigenvalue weighted by atomic mass is 16.2. The van der Waals surface area contributed by atoms with Gasteiger partial charge in [-0.2, -0.15) is 0 Å². The molecule has 0 bridgehead atoms. The number of nitrogen functional groups attached to an aromatic ring is 1. The number of amides is 2. The Labute approximate surface area is 124 Å². The summed E-state index contributed by atoms with van der Waals surface area (Å²) in [5.74, 6) is 0.558. The number of hydrogen-bond donors (Lipinski definition) is 3. The van der Waals surface area contributed by atoms with E-state index in [0.717, 1.165) is 12.8 Å². The third-order valence-corrected chi connectivity index (χ3v) is 3.72. The Hall–Kier alpha value is -2.11. The number of rotatable bonds is 5. The van der Waals surface area contributed by atoms with Crippen LogP contribution in [-0.4, -0.2) is 23.3 Å². The van der Waals surface area contributed by atoms with E-state index in [4.69, 9.17) is 5.73 Å². The number of hydrogen-bond acceptors (Lipinski definition) is 4. The molecule has 1 aromatic heterocycles. The van der Waals surface area contributed by atoms with E-state index in [-0.39, 0.29) is 18.4 Å². The summed E-state index contributed by atoms with van der Waals surface area (Å²) >= 11 is 0. The van der Waals surface area contributed by atoms with Crippen LogP contribution in [0.4, 0.5) is 11.5 Å². The Bertz CT molecular complexity index is 481. The van der Waals surface area contributed by atoms with Gasteiger partial charge in [0.1, 0.15) is 5.82 Å². The predicted molar refractivity (Wildman–Crippen MR) is 81.5 cm³/mol. The lowest BCUT2D eigenvalue weighted by Gasteiger charge is -2.20. The van der Waals surface area contributed by atoms with Crippen LogP contribution in [0.25, 0.3) is 0 Å². The van der Waals surface area contributed by atoms with Gasteiger partial charge in [0.2, 0.25) is 11.8 Å². The number of anilines is 2. The van der Waals surface area contributed by atoms with Gasteiger partial charge in [0, 0.05) is 6.42 Å². The number of aromatic nitrogens is 1. The van der Waals surface area contributed by atoms with Gasteiger partial charge in [-0.1, -0.05) is 19.3 Å². The number of carbonyl (C=O) groups is 2. The van der Waals surface area contributed by atoms with Crippen LogP contribution in [0.1, 0.15) is 38.5 Å². The maximum absolute atomic E-state index is 11.8. The highest BCUT2D eigenvalue weighted by Crippen LogP contribution is 2.25. The van der Waals surface area contributed by atoms with Crippen molar-refractivity contribution >= 4 is 23.3 Å². The standard InChI is InChI=1S/C15H22N4O2/c16-13-7-6-12(9-17-13)19-15(21)10-18-14(20)8-11-4-2-1-3-5-11/h6-7,9,11H,1-5,8,10H2,(H2,16,17)(H,18,20)(H,19,21). The SMILES string of the molecule is Nc1ccc(NC(=O)CNC(=O)CC2CCCCC2)cn1. The summed E-state index contributed by atoms with van der Waals surface area (Å²) in [6.45, 7) is -0.0179. The highest BCUT2D eigenvalue weighted by molar-refractivity contribution is 5.94. The summed E-state index contributed by atoms with van der Waals surface area (Å²) < 4.78 is 0. The molecule has 114 valence electrons. The fourth-order valence-electron chi connectivity index (χ4n) is 2.59. The van der Waals surface area contributed by atoms with Crippen molar-refractivity contribution in [1.29, 1.82) is 0 Å². The molecule has 0 spiro atoms. The lowest BCUT2D eigenvalue weighted by atomic mass is 9.87. The van der Waals surface area contributed by atoms with E-state index in [1.165, 1.54) is 25.5 Å². The topological polar surface area (TPSA) is 97.1 Å². The Morgan fingerprint density at radius 3 is 2.62 bits per heavy atom. The highest BCUT2D eigenvalue weighted by Gasteiger charge is 2.17. The van der Waals surface area contributed by atoms with E-state index in [1.54, 1.807) is 12.1 Å². The summed E-state index contributed by atoms with van der Waals surface area (Å²) in [5.41, 5.74) is 6.03. The maximum Gasteiger partial charge on any atom is 0.243 e. The van der Waals surface area contributed by atoms with Crippen LogP contribution >= 0.6 is 0 Å². The first kappa shape index (κ1) is 15.3. The molecule has 1 aliphatic carbocycles. The van der Waals surface area contributed by atoms with Gasteiger partial charge in [-0.25, -0.2) is 4.98 Å². The maximum atomic E-state index is 11.8. The van der Waals surface area contributed by atoms with Crippen LogP contribution in [0, 0.1) is 5.92 Å². The molecule has 0 unspecified atom stereocenters. The number of nitrogens with zero attached hydrogens (tertiary/aromatic N) is 1. The summed E-state index contributed by atoms with van der Waals surface area (Å²) in [6.07, 6.45) is 7.95. The largest absolute Gasteiger partial charge is 0.384 e. The second-order valence-electron chi connectivity index (χ2n) is 5.50. The van der Waals surface area contributed by atoms with E-state index < -0.39 is 0 Å². The van der Waals surface area contributed by atoms with Crippen LogP contribution in [-0.2, 0) is 9.59 Å². The minimum atomic E-state index is -0.265. The van der Waals surface area contributed by atoms with Gasteiger partial charge in [-0.05, 0) is 30.9 Å². The molecule has 1 heterocycles. The second-order valence-corrected chi connectivity index (χ2v) is 5.50. The molecule has 6 heteroatoms. The molecule has 0 aromatic carbocycles. The quantitative estimate of drug-likeness (QED) is 0.768. The minimum Gasteiger partial charge on any atom is -0.384 e. The zero-order chi connectivity index (χ0) is 15.1. The summed E-state index contributed by atoms with van der Waals surface area (Å²) in [6, 6.07) is 3.28. The molecule has 4 N–H and O–H groups in total. The second kappa shape index (κ2) is 7.61. The first-order valence-electron chi connectivity index (χ1n) is 7.41. The van der Waals surface area contributed by atoms with E-state index >= 15 is 0 Å². The number of carbonyl (C=O) groups excluding carboxylic acids is 2. The van der Waals surface area contributed by atoms with Crippen molar-refractivity contribution in [2.24, 2.45) is 5.92 Å². The van der Waals surface area contributed by atoms with Crippen molar-refractivity contribution in [1.82, 2.24) is 10.3 Å².